The zero-order chi connectivity index (χ0) is 13.5. The van der Waals surface area contributed by atoms with Gasteiger partial charge in [-0.2, -0.15) is 0 Å². The fourth-order valence-corrected chi connectivity index (χ4v) is 2.03. The maximum Gasteiger partial charge on any atom is 0.259 e. The van der Waals surface area contributed by atoms with E-state index in [1.165, 1.54) is 18.5 Å². The summed E-state index contributed by atoms with van der Waals surface area (Å²) in [5, 5.41) is 9.06. The van der Waals surface area contributed by atoms with Gasteiger partial charge in [0.25, 0.3) is 5.91 Å². The Balaban J connectivity index is 3.03. The summed E-state index contributed by atoms with van der Waals surface area (Å²) in [6.45, 7) is 4.12. The Morgan fingerprint density at radius 2 is 2.11 bits per heavy atom. The lowest BCUT2D eigenvalue weighted by Gasteiger charge is -2.29. The number of aliphatic hydroxyl groups excluding tert-OH is 1. The molecule has 1 heterocycles. The first-order valence-electron chi connectivity index (χ1n) is 6.24. The number of aromatic amines is 1. The van der Waals surface area contributed by atoms with Crippen molar-refractivity contribution in [2.75, 3.05) is 13.2 Å². The van der Waals surface area contributed by atoms with Crippen molar-refractivity contribution in [3.05, 3.63) is 34.2 Å². The molecule has 0 saturated carbocycles. The zero-order valence-electron chi connectivity index (χ0n) is 10.8. The summed E-state index contributed by atoms with van der Waals surface area (Å²) in [5.74, 6) is -0.320. The molecule has 1 amide bonds. The summed E-state index contributed by atoms with van der Waals surface area (Å²) in [7, 11) is 0. The summed E-state index contributed by atoms with van der Waals surface area (Å²) in [5.41, 5.74) is -0.175. The van der Waals surface area contributed by atoms with Gasteiger partial charge >= 0.3 is 0 Å². The van der Waals surface area contributed by atoms with Crippen LogP contribution < -0.4 is 5.43 Å². The van der Waals surface area contributed by atoms with Crippen LogP contribution in [0.5, 0.6) is 0 Å². The third-order valence-electron chi connectivity index (χ3n) is 3.04. The topological polar surface area (TPSA) is 73.4 Å². The maximum absolute atomic E-state index is 12.3. The van der Waals surface area contributed by atoms with Crippen LogP contribution in [0, 0.1) is 0 Å². The normalized spacial score (nSPS) is 10.7. The van der Waals surface area contributed by atoms with Crippen LogP contribution in [-0.2, 0) is 0 Å². The van der Waals surface area contributed by atoms with E-state index in [-0.39, 0.29) is 36.1 Å². The number of nitrogens with zero attached hydrogens (tertiary/aromatic N) is 1. The molecule has 100 valence electrons. The van der Waals surface area contributed by atoms with E-state index < -0.39 is 0 Å². The van der Waals surface area contributed by atoms with E-state index in [1.807, 2.05) is 13.8 Å². The summed E-state index contributed by atoms with van der Waals surface area (Å²) < 4.78 is 0. The molecule has 0 aliphatic rings. The molecule has 0 aliphatic heterocycles. The number of amides is 1. The van der Waals surface area contributed by atoms with Gasteiger partial charge in [0.15, 0.2) is 5.43 Å². The molecule has 18 heavy (non-hydrogen) atoms. The summed E-state index contributed by atoms with van der Waals surface area (Å²) in [6, 6.07) is 1.38. The standard InChI is InChI=1S/C13H20N2O3/c1-3-10(4-2)15(7-8-16)13(18)11-9-14-6-5-12(11)17/h5-6,9-10,16H,3-4,7-8H2,1-2H3,(H,14,17). The van der Waals surface area contributed by atoms with Gasteiger partial charge in [-0.1, -0.05) is 13.8 Å². The van der Waals surface area contributed by atoms with Crippen LogP contribution in [0.3, 0.4) is 0 Å². The van der Waals surface area contributed by atoms with Gasteiger partial charge in [-0.25, -0.2) is 0 Å². The van der Waals surface area contributed by atoms with Gasteiger partial charge in [0, 0.05) is 31.0 Å². The molecule has 0 aromatic carbocycles. The minimum absolute atomic E-state index is 0.0456. The van der Waals surface area contributed by atoms with Crippen molar-refractivity contribution in [1.82, 2.24) is 9.88 Å². The van der Waals surface area contributed by atoms with E-state index in [0.29, 0.717) is 0 Å². The molecule has 2 N–H and O–H groups in total. The molecule has 1 aromatic heterocycles. The number of hydrogen-bond donors (Lipinski definition) is 2. The Hall–Kier alpha value is -1.62. The highest BCUT2D eigenvalue weighted by Crippen LogP contribution is 2.11. The van der Waals surface area contributed by atoms with Crippen molar-refractivity contribution >= 4 is 5.91 Å². The number of H-pyrrole nitrogens is 1. The number of rotatable bonds is 6. The van der Waals surface area contributed by atoms with Gasteiger partial charge in [0.05, 0.1) is 6.61 Å². The number of carbonyl (C=O) groups is 1. The fourth-order valence-electron chi connectivity index (χ4n) is 2.03. The van der Waals surface area contributed by atoms with Gasteiger partial charge in [-0.15, -0.1) is 0 Å². The largest absolute Gasteiger partial charge is 0.395 e. The zero-order valence-corrected chi connectivity index (χ0v) is 10.8. The first-order chi connectivity index (χ1) is 8.65. The van der Waals surface area contributed by atoms with Crippen LogP contribution in [0.1, 0.15) is 37.0 Å². The van der Waals surface area contributed by atoms with E-state index in [9.17, 15) is 9.59 Å². The number of hydrogen-bond acceptors (Lipinski definition) is 3. The van der Waals surface area contributed by atoms with Crippen LogP contribution in [-0.4, -0.2) is 40.1 Å². The van der Waals surface area contributed by atoms with Gasteiger partial charge in [-0.3, -0.25) is 9.59 Å². The highest BCUT2D eigenvalue weighted by atomic mass is 16.3. The van der Waals surface area contributed by atoms with Crippen LogP contribution >= 0.6 is 0 Å². The van der Waals surface area contributed by atoms with Gasteiger partial charge in [0.2, 0.25) is 0 Å². The second-order valence-electron chi connectivity index (χ2n) is 4.11. The smallest absolute Gasteiger partial charge is 0.259 e. The molecule has 0 atom stereocenters. The third-order valence-corrected chi connectivity index (χ3v) is 3.04. The van der Waals surface area contributed by atoms with Crippen LogP contribution in [0.2, 0.25) is 0 Å². The van der Waals surface area contributed by atoms with Crippen molar-refractivity contribution in [3.8, 4) is 0 Å². The predicted molar refractivity (Wildman–Crippen MR) is 69.6 cm³/mol. The molecule has 0 unspecified atom stereocenters. The van der Waals surface area contributed by atoms with Crippen molar-refractivity contribution in [2.45, 2.75) is 32.7 Å². The van der Waals surface area contributed by atoms with Crippen LogP contribution in [0.4, 0.5) is 0 Å². The molecular formula is C13H20N2O3. The molecule has 0 spiro atoms. The van der Waals surface area contributed by atoms with Crippen molar-refractivity contribution < 1.29 is 9.90 Å². The Morgan fingerprint density at radius 3 is 2.61 bits per heavy atom. The second kappa shape index (κ2) is 6.96. The minimum atomic E-state index is -0.320. The maximum atomic E-state index is 12.3. The molecule has 0 fully saturated rings. The van der Waals surface area contributed by atoms with Gasteiger partial charge in [0.1, 0.15) is 5.56 Å². The SMILES string of the molecule is CCC(CC)N(CCO)C(=O)c1c[nH]ccc1=O. The molecule has 5 nitrogen and oxygen atoms in total. The molecule has 0 radical (unpaired) electrons. The van der Waals surface area contributed by atoms with E-state index in [4.69, 9.17) is 5.11 Å². The first-order valence-corrected chi connectivity index (χ1v) is 6.24. The third kappa shape index (κ3) is 3.20. The Labute approximate surface area is 106 Å². The average Bonchev–Trinajstić information content (AvgIpc) is 2.39. The highest BCUT2D eigenvalue weighted by Gasteiger charge is 2.23. The van der Waals surface area contributed by atoms with E-state index >= 15 is 0 Å². The van der Waals surface area contributed by atoms with E-state index in [0.717, 1.165) is 12.8 Å². The lowest BCUT2D eigenvalue weighted by Crippen LogP contribution is -2.43. The summed E-state index contributed by atoms with van der Waals surface area (Å²) in [4.78, 5) is 28.3. The highest BCUT2D eigenvalue weighted by molar-refractivity contribution is 5.94. The fraction of sp³-hybridized carbons (Fsp3) is 0.538. The average molecular weight is 252 g/mol. The monoisotopic (exact) mass is 252 g/mol. The molecule has 0 saturated heterocycles. The summed E-state index contributed by atoms with van der Waals surface area (Å²) in [6.07, 6.45) is 4.50. The summed E-state index contributed by atoms with van der Waals surface area (Å²) >= 11 is 0. The lowest BCUT2D eigenvalue weighted by molar-refractivity contribution is 0.0620. The number of aliphatic hydroxyl groups is 1. The van der Waals surface area contributed by atoms with Crippen LogP contribution in [0.25, 0.3) is 0 Å². The number of pyridine rings is 1. The van der Waals surface area contributed by atoms with Gasteiger partial charge in [-0.05, 0) is 12.8 Å². The number of carbonyl (C=O) groups excluding carboxylic acids is 1. The van der Waals surface area contributed by atoms with Crippen LogP contribution in [0.15, 0.2) is 23.3 Å². The van der Waals surface area contributed by atoms with Gasteiger partial charge < -0.3 is 15.0 Å². The molecule has 0 aliphatic carbocycles. The molecule has 5 heteroatoms. The van der Waals surface area contributed by atoms with E-state index in [2.05, 4.69) is 4.98 Å². The Bertz CT molecular complexity index is 438. The molecular weight excluding hydrogens is 232 g/mol. The number of aromatic nitrogens is 1. The molecule has 1 rings (SSSR count). The number of nitrogens with one attached hydrogen (secondary N) is 1. The second-order valence-corrected chi connectivity index (χ2v) is 4.11. The molecule has 0 bridgehead atoms. The first kappa shape index (κ1) is 14.4. The van der Waals surface area contributed by atoms with E-state index in [1.54, 1.807) is 4.90 Å². The lowest BCUT2D eigenvalue weighted by atomic mass is 10.1. The Morgan fingerprint density at radius 1 is 1.44 bits per heavy atom. The predicted octanol–water partition coefficient (Wildman–Crippen LogP) is 0.998. The minimum Gasteiger partial charge on any atom is -0.395 e. The molecule has 1 aromatic rings. The van der Waals surface area contributed by atoms with Crippen molar-refractivity contribution in [3.63, 3.8) is 0 Å². The van der Waals surface area contributed by atoms with Crippen molar-refractivity contribution in [2.24, 2.45) is 0 Å². The van der Waals surface area contributed by atoms with Crippen molar-refractivity contribution in [1.29, 1.82) is 0 Å². The Kier molecular flexibility index (Phi) is 5.58. The quantitative estimate of drug-likeness (QED) is 0.793.